The maximum atomic E-state index is 11.9. The highest BCUT2D eigenvalue weighted by Crippen LogP contribution is 2.31. The third-order valence-corrected chi connectivity index (χ3v) is 3.79. The number of carbonyl (C=O) groups excluding carboxylic acids is 2. The molecule has 6 heteroatoms. The van der Waals surface area contributed by atoms with E-state index in [2.05, 4.69) is 10.6 Å². The van der Waals surface area contributed by atoms with Gasteiger partial charge in [0, 0.05) is 6.42 Å². The average Bonchev–Trinajstić information content (AvgIpc) is 2.63. The quantitative estimate of drug-likeness (QED) is 0.496. The van der Waals surface area contributed by atoms with Crippen molar-refractivity contribution in [2.45, 2.75) is 24.8 Å². The molecule has 19 heavy (non-hydrogen) atoms. The molecular formula is C13H13N2O4+. The van der Waals surface area contributed by atoms with E-state index in [9.17, 15) is 9.59 Å². The number of rotatable bonds is 1. The second-order valence-corrected chi connectivity index (χ2v) is 4.97. The highest BCUT2D eigenvalue weighted by Gasteiger charge is 2.47. The number of aromatic carboxylic acids is 1. The van der Waals surface area contributed by atoms with Gasteiger partial charge in [0.1, 0.15) is 11.1 Å². The van der Waals surface area contributed by atoms with Gasteiger partial charge >= 0.3 is 12.0 Å². The molecule has 1 unspecified atom stereocenters. The minimum atomic E-state index is -0.895. The Hall–Kier alpha value is -2.37. The molecule has 1 saturated heterocycles. The first-order chi connectivity index (χ1) is 9.00. The predicted octanol–water partition coefficient (Wildman–Crippen LogP) is 0.162. The van der Waals surface area contributed by atoms with Gasteiger partial charge in [0.25, 0.3) is 5.91 Å². The summed E-state index contributed by atoms with van der Waals surface area (Å²) in [5, 5.41) is 14.0. The summed E-state index contributed by atoms with van der Waals surface area (Å²) >= 11 is 0. The van der Waals surface area contributed by atoms with Crippen molar-refractivity contribution in [2.24, 2.45) is 0 Å². The summed E-state index contributed by atoms with van der Waals surface area (Å²) in [6, 6.07) is 4.61. The molecule has 1 spiro atoms. The molecule has 0 bridgehead atoms. The van der Waals surface area contributed by atoms with Crippen molar-refractivity contribution in [1.82, 2.24) is 10.6 Å². The van der Waals surface area contributed by atoms with E-state index in [4.69, 9.17) is 9.90 Å². The number of hydrogen-bond acceptors (Lipinski definition) is 2. The van der Waals surface area contributed by atoms with Crippen LogP contribution in [0.4, 0.5) is 4.79 Å². The van der Waals surface area contributed by atoms with Gasteiger partial charge in [-0.3, -0.25) is 10.1 Å². The zero-order valence-corrected chi connectivity index (χ0v) is 10.1. The van der Waals surface area contributed by atoms with Crippen LogP contribution in [-0.2, 0) is 17.6 Å². The predicted molar refractivity (Wildman–Crippen MR) is 66.5 cm³/mol. The van der Waals surface area contributed by atoms with E-state index in [-0.39, 0.29) is 5.91 Å². The second-order valence-electron chi connectivity index (χ2n) is 4.97. The standard InChI is InChI=1S/C13H12N2O4/c16-10(17)8-2-1-7-3-4-13(6-9(7)5-8)11(18)14-12(19)15-13/h1-2,5H,3-4,6H2,(H,16,17)(H2,14,15,18,19)/p+1. The highest BCUT2D eigenvalue weighted by molar-refractivity contribution is 6.07. The number of nitrogens with one attached hydrogen (secondary N) is 2. The maximum absolute atomic E-state index is 11.9. The SMILES string of the molecule is O=C1NC(=O)C2(CCc3ccc(C(O)=[OH+])cc3C2)N1. The minimum Gasteiger partial charge on any atom is -0.335 e. The molecule has 1 aromatic carbocycles. The average molecular weight is 261 g/mol. The van der Waals surface area contributed by atoms with E-state index < -0.39 is 17.5 Å². The number of fused-ring (bicyclic) bond motifs is 1. The molecule has 1 aliphatic heterocycles. The fraction of sp³-hybridized carbons (Fsp3) is 0.308. The first kappa shape index (κ1) is 11.7. The first-order valence-corrected chi connectivity index (χ1v) is 6.01. The molecule has 0 aromatic heterocycles. The Balaban J connectivity index is 1.99. The number of urea groups is 1. The third-order valence-electron chi connectivity index (χ3n) is 3.79. The lowest BCUT2D eigenvalue weighted by Crippen LogP contribution is -2.51. The van der Waals surface area contributed by atoms with Crippen molar-refractivity contribution in [3.63, 3.8) is 0 Å². The Morgan fingerprint density at radius 3 is 2.74 bits per heavy atom. The van der Waals surface area contributed by atoms with Gasteiger partial charge in [-0.1, -0.05) is 6.07 Å². The van der Waals surface area contributed by atoms with Crippen molar-refractivity contribution in [2.75, 3.05) is 0 Å². The molecule has 1 aliphatic carbocycles. The lowest BCUT2D eigenvalue weighted by molar-refractivity contribution is -0.124. The summed E-state index contributed by atoms with van der Waals surface area (Å²) in [5.41, 5.74) is 1.32. The zero-order valence-electron chi connectivity index (χ0n) is 10.1. The Kier molecular flexibility index (Phi) is 2.35. The zero-order chi connectivity index (χ0) is 13.6. The van der Waals surface area contributed by atoms with Crippen molar-refractivity contribution in [3.8, 4) is 0 Å². The second kappa shape index (κ2) is 3.81. The lowest BCUT2D eigenvalue weighted by Gasteiger charge is -2.31. The fourth-order valence-corrected chi connectivity index (χ4v) is 2.76. The molecule has 1 heterocycles. The van der Waals surface area contributed by atoms with E-state index in [1.807, 2.05) is 6.07 Å². The molecular weight excluding hydrogens is 248 g/mol. The molecule has 4 N–H and O–H groups in total. The summed E-state index contributed by atoms with van der Waals surface area (Å²) in [4.78, 5) is 32.3. The first-order valence-electron chi connectivity index (χ1n) is 6.01. The van der Waals surface area contributed by atoms with E-state index in [1.54, 1.807) is 12.1 Å². The van der Waals surface area contributed by atoms with Crippen LogP contribution < -0.4 is 10.6 Å². The minimum absolute atomic E-state index is 0.306. The van der Waals surface area contributed by atoms with E-state index in [0.717, 1.165) is 11.1 Å². The number of carboxylic acids is 1. The Labute approximate surface area is 108 Å². The van der Waals surface area contributed by atoms with Crippen molar-refractivity contribution >= 4 is 17.9 Å². The van der Waals surface area contributed by atoms with Crippen LogP contribution in [0.1, 0.15) is 23.1 Å². The van der Waals surface area contributed by atoms with Gasteiger partial charge < -0.3 is 15.2 Å². The fourth-order valence-electron chi connectivity index (χ4n) is 2.76. The Bertz CT molecular complexity index is 611. The van der Waals surface area contributed by atoms with Gasteiger partial charge in [-0.15, -0.1) is 0 Å². The smallest absolute Gasteiger partial charge is 0.335 e. The molecule has 2 aliphatic rings. The molecule has 1 aromatic rings. The largest absolute Gasteiger partial charge is 0.515 e. The number of imide groups is 1. The van der Waals surface area contributed by atoms with Crippen LogP contribution in [0, 0.1) is 0 Å². The Morgan fingerprint density at radius 1 is 1.32 bits per heavy atom. The summed E-state index contributed by atoms with van der Waals surface area (Å²) in [6.45, 7) is 0. The summed E-state index contributed by atoms with van der Waals surface area (Å²) in [7, 11) is 0. The Morgan fingerprint density at radius 2 is 2.11 bits per heavy atom. The van der Waals surface area contributed by atoms with Gasteiger partial charge in [0.05, 0.1) is 0 Å². The monoisotopic (exact) mass is 261 g/mol. The molecule has 0 radical (unpaired) electrons. The van der Waals surface area contributed by atoms with Crippen LogP contribution in [0.3, 0.4) is 0 Å². The van der Waals surface area contributed by atoms with Crippen LogP contribution in [-0.4, -0.2) is 33.3 Å². The van der Waals surface area contributed by atoms with Crippen LogP contribution in [0.25, 0.3) is 0 Å². The normalized spacial score (nSPS) is 24.8. The topological polar surface area (TPSA) is 99.8 Å². The van der Waals surface area contributed by atoms with Gasteiger partial charge in [-0.2, -0.15) is 0 Å². The highest BCUT2D eigenvalue weighted by atomic mass is 16.4. The van der Waals surface area contributed by atoms with Crippen molar-refractivity contribution in [1.29, 1.82) is 0 Å². The van der Waals surface area contributed by atoms with Crippen LogP contribution >= 0.6 is 0 Å². The van der Waals surface area contributed by atoms with Gasteiger partial charge in [-0.05, 0) is 36.1 Å². The van der Waals surface area contributed by atoms with Crippen LogP contribution in [0.5, 0.6) is 0 Å². The molecule has 1 fully saturated rings. The number of aliphatic hydroxyl groups excluding tert-OH is 1. The van der Waals surface area contributed by atoms with Crippen molar-refractivity contribution in [3.05, 3.63) is 34.9 Å². The van der Waals surface area contributed by atoms with E-state index in [1.165, 1.54) is 0 Å². The summed E-state index contributed by atoms with van der Waals surface area (Å²) < 4.78 is 0. The molecule has 0 saturated carbocycles. The molecule has 3 rings (SSSR count). The number of benzene rings is 1. The van der Waals surface area contributed by atoms with Gasteiger partial charge in [0.15, 0.2) is 0 Å². The number of hydrogen-bond donors (Lipinski definition) is 3. The molecule has 98 valence electrons. The molecule has 1 atom stereocenters. The van der Waals surface area contributed by atoms with Crippen LogP contribution in [0.2, 0.25) is 0 Å². The van der Waals surface area contributed by atoms with Crippen molar-refractivity contribution < 1.29 is 19.5 Å². The lowest BCUT2D eigenvalue weighted by atomic mass is 9.77. The maximum Gasteiger partial charge on any atom is 0.515 e. The van der Waals surface area contributed by atoms with Crippen LogP contribution in [0.15, 0.2) is 18.2 Å². The number of aryl methyl sites for hydroxylation is 1. The van der Waals surface area contributed by atoms with E-state index in [0.29, 0.717) is 24.8 Å². The number of carboxylic acid groups (broad SMARTS) is 1. The third kappa shape index (κ3) is 1.76. The number of amides is 3. The molecule has 6 nitrogen and oxygen atoms in total. The number of carbonyl (C=O) groups is 2. The van der Waals surface area contributed by atoms with E-state index >= 15 is 0 Å². The van der Waals surface area contributed by atoms with Gasteiger partial charge in [-0.25, -0.2) is 4.79 Å². The molecule has 3 amide bonds. The summed E-state index contributed by atoms with van der Waals surface area (Å²) in [6.07, 6.45) is 1.57. The summed E-state index contributed by atoms with van der Waals surface area (Å²) in [5.74, 6) is -1.06. The van der Waals surface area contributed by atoms with Gasteiger partial charge in [0.2, 0.25) is 0 Å².